The van der Waals surface area contributed by atoms with Gasteiger partial charge < -0.3 is 15.4 Å². The van der Waals surface area contributed by atoms with Crippen LogP contribution < -0.4 is 5.73 Å². The fourth-order valence-corrected chi connectivity index (χ4v) is 1.74. The third-order valence-electron chi connectivity index (χ3n) is 2.45. The van der Waals surface area contributed by atoms with Crippen molar-refractivity contribution in [1.82, 2.24) is 4.90 Å². The fraction of sp³-hybridized carbons (Fsp3) is 0.889. The Morgan fingerprint density at radius 2 is 2.38 bits per heavy atom. The van der Waals surface area contributed by atoms with Crippen molar-refractivity contribution in [2.24, 2.45) is 5.73 Å². The summed E-state index contributed by atoms with van der Waals surface area (Å²) < 4.78 is 5.36. The highest BCUT2D eigenvalue weighted by molar-refractivity contribution is 5.75. The molecule has 1 aliphatic rings. The van der Waals surface area contributed by atoms with Crippen molar-refractivity contribution in [2.75, 3.05) is 19.8 Å². The maximum atomic E-state index is 7.40. The van der Waals surface area contributed by atoms with Crippen molar-refractivity contribution in [3.05, 3.63) is 0 Å². The average molecular weight is 185 g/mol. The third kappa shape index (κ3) is 2.88. The highest BCUT2D eigenvalue weighted by Crippen LogP contribution is 2.16. The van der Waals surface area contributed by atoms with Gasteiger partial charge in [0.05, 0.1) is 12.6 Å². The maximum absolute atomic E-state index is 7.40. The zero-order chi connectivity index (χ0) is 9.68. The number of hydrogen-bond donors (Lipinski definition) is 2. The lowest BCUT2D eigenvalue weighted by Crippen LogP contribution is -2.48. The molecule has 1 heterocycles. The predicted molar refractivity (Wildman–Crippen MR) is 52.8 cm³/mol. The first-order valence-corrected chi connectivity index (χ1v) is 4.94. The number of hydrogen-bond acceptors (Lipinski definition) is 2. The number of ether oxygens (including phenoxy) is 1. The first kappa shape index (κ1) is 10.3. The molecule has 76 valence electrons. The highest BCUT2D eigenvalue weighted by Gasteiger charge is 2.22. The Bertz CT molecular complexity index is 172. The lowest BCUT2D eigenvalue weighted by atomic mass is 10.0. The molecule has 0 aromatic carbocycles. The van der Waals surface area contributed by atoms with Crippen molar-refractivity contribution in [1.29, 1.82) is 5.41 Å². The van der Waals surface area contributed by atoms with Crippen LogP contribution in [0.3, 0.4) is 0 Å². The monoisotopic (exact) mass is 185 g/mol. The van der Waals surface area contributed by atoms with Gasteiger partial charge in [0.15, 0.2) is 5.96 Å². The van der Waals surface area contributed by atoms with E-state index >= 15 is 0 Å². The lowest BCUT2D eigenvalue weighted by Gasteiger charge is -2.35. The van der Waals surface area contributed by atoms with E-state index in [0.29, 0.717) is 12.6 Å². The maximum Gasteiger partial charge on any atom is 0.188 e. The van der Waals surface area contributed by atoms with Gasteiger partial charge in [-0.2, -0.15) is 0 Å². The number of guanidine groups is 1. The van der Waals surface area contributed by atoms with Crippen LogP contribution in [0.1, 0.15) is 26.2 Å². The molecule has 1 rings (SSSR count). The van der Waals surface area contributed by atoms with Crippen LogP contribution in [0.4, 0.5) is 0 Å². The summed E-state index contributed by atoms with van der Waals surface area (Å²) in [5.74, 6) is 0.185. The molecule has 0 radical (unpaired) electrons. The number of nitrogens with one attached hydrogen (secondary N) is 1. The predicted octanol–water partition coefficient (Wildman–Crippen LogP) is 0.771. The van der Waals surface area contributed by atoms with E-state index in [1.165, 1.54) is 6.42 Å². The van der Waals surface area contributed by atoms with Crippen LogP contribution in [0.5, 0.6) is 0 Å². The van der Waals surface area contributed by atoms with E-state index in [0.717, 1.165) is 26.0 Å². The molecule has 1 atom stereocenters. The van der Waals surface area contributed by atoms with Gasteiger partial charge in [-0.05, 0) is 26.2 Å². The third-order valence-corrected chi connectivity index (χ3v) is 2.45. The van der Waals surface area contributed by atoms with E-state index in [4.69, 9.17) is 15.9 Å². The van der Waals surface area contributed by atoms with Gasteiger partial charge >= 0.3 is 0 Å². The van der Waals surface area contributed by atoms with Crippen LogP contribution >= 0.6 is 0 Å². The molecular formula is C9H19N3O. The summed E-state index contributed by atoms with van der Waals surface area (Å²) in [6.07, 6.45) is 3.46. The molecule has 0 amide bonds. The summed E-state index contributed by atoms with van der Waals surface area (Å²) in [6.45, 7) is 4.34. The molecule has 3 N–H and O–H groups in total. The highest BCUT2D eigenvalue weighted by atomic mass is 16.5. The van der Waals surface area contributed by atoms with Gasteiger partial charge in [-0.25, -0.2) is 0 Å². The summed E-state index contributed by atoms with van der Waals surface area (Å²) in [4.78, 5) is 1.94. The van der Waals surface area contributed by atoms with Gasteiger partial charge in [0.2, 0.25) is 0 Å². The molecule has 0 aromatic rings. The minimum atomic E-state index is 0.185. The van der Waals surface area contributed by atoms with E-state index < -0.39 is 0 Å². The topological polar surface area (TPSA) is 62.3 Å². The summed E-state index contributed by atoms with van der Waals surface area (Å²) >= 11 is 0. The molecule has 0 aromatic heterocycles. The molecule has 4 nitrogen and oxygen atoms in total. The van der Waals surface area contributed by atoms with Gasteiger partial charge in [-0.1, -0.05) is 0 Å². The first-order valence-electron chi connectivity index (χ1n) is 4.94. The van der Waals surface area contributed by atoms with Crippen LogP contribution in [0.2, 0.25) is 0 Å². The van der Waals surface area contributed by atoms with Crippen molar-refractivity contribution in [2.45, 2.75) is 32.2 Å². The number of piperidine rings is 1. The first-order chi connectivity index (χ1) is 6.25. The number of rotatable bonds is 3. The summed E-state index contributed by atoms with van der Waals surface area (Å²) in [5, 5.41) is 7.40. The summed E-state index contributed by atoms with van der Waals surface area (Å²) in [7, 11) is 0. The molecular weight excluding hydrogens is 166 g/mol. The summed E-state index contributed by atoms with van der Waals surface area (Å²) in [5.41, 5.74) is 5.48. The Hall–Kier alpha value is -0.770. The van der Waals surface area contributed by atoms with Gasteiger partial charge in [-0.3, -0.25) is 5.41 Å². The minimum Gasteiger partial charge on any atom is -0.380 e. The second-order valence-corrected chi connectivity index (χ2v) is 3.39. The van der Waals surface area contributed by atoms with E-state index in [2.05, 4.69) is 0 Å². The number of nitrogens with two attached hydrogens (primary N) is 1. The normalized spacial score (nSPS) is 23.2. The van der Waals surface area contributed by atoms with Gasteiger partial charge in [0.1, 0.15) is 0 Å². The molecule has 0 saturated carbocycles. The average Bonchev–Trinajstić information content (AvgIpc) is 2.15. The Balaban J connectivity index is 2.41. The number of nitrogens with zero attached hydrogens (tertiary/aromatic N) is 1. The van der Waals surface area contributed by atoms with Crippen LogP contribution in [0, 0.1) is 5.41 Å². The van der Waals surface area contributed by atoms with Crippen LogP contribution in [-0.2, 0) is 4.74 Å². The van der Waals surface area contributed by atoms with Crippen LogP contribution in [0.15, 0.2) is 0 Å². The Kier molecular flexibility index (Phi) is 4.02. The minimum absolute atomic E-state index is 0.185. The zero-order valence-corrected chi connectivity index (χ0v) is 8.25. The molecule has 1 saturated heterocycles. The molecule has 1 aliphatic heterocycles. The largest absolute Gasteiger partial charge is 0.380 e. The molecule has 0 aliphatic carbocycles. The van der Waals surface area contributed by atoms with E-state index in [-0.39, 0.29) is 5.96 Å². The molecule has 1 fully saturated rings. The summed E-state index contributed by atoms with van der Waals surface area (Å²) in [6, 6.07) is 0.325. The lowest BCUT2D eigenvalue weighted by molar-refractivity contribution is 0.0770. The van der Waals surface area contributed by atoms with E-state index in [9.17, 15) is 0 Å². The molecule has 0 spiro atoms. The standard InChI is InChI=1S/C9H19N3O/c1-2-13-7-8-5-3-4-6-12(8)9(10)11/h8H,2-7H2,1H3,(H3,10,11). The molecule has 13 heavy (non-hydrogen) atoms. The second-order valence-electron chi connectivity index (χ2n) is 3.39. The molecule has 4 heteroatoms. The van der Waals surface area contributed by atoms with Crippen molar-refractivity contribution >= 4 is 5.96 Å². The Labute approximate surface area is 79.6 Å². The number of likely N-dealkylation sites (tertiary alicyclic amines) is 1. The van der Waals surface area contributed by atoms with Crippen molar-refractivity contribution < 1.29 is 4.74 Å². The SMILES string of the molecule is CCOCC1CCCCN1C(=N)N. The van der Waals surface area contributed by atoms with Crippen molar-refractivity contribution in [3.8, 4) is 0 Å². The molecule has 1 unspecified atom stereocenters. The van der Waals surface area contributed by atoms with E-state index in [1.54, 1.807) is 0 Å². The van der Waals surface area contributed by atoms with Crippen LogP contribution in [-0.4, -0.2) is 36.7 Å². The Morgan fingerprint density at radius 3 is 3.00 bits per heavy atom. The fourth-order valence-electron chi connectivity index (χ4n) is 1.74. The van der Waals surface area contributed by atoms with Gasteiger partial charge in [0.25, 0.3) is 0 Å². The van der Waals surface area contributed by atoms with Crippen molar-refractivity contribution in [3.63, 3.8) is 0 Å². The molecule has 0 bridgehead atoms. The smallest absolute Gasteiger partial charge is 0.188 e. The van der Waals surface area contributed by atoms with Gasteiger partial charge in [0, 0.05) is 13.2 Å². The van der Waals surface area contributed by atoms with Crippen LogP contribution in [0.25, 0.3) is 0 Å². The zero-order valence-electron chi connectivity index (χ0n) is 8.25. The quantitative estimate of drug-likeness (QED) is 0.504. The van der Waals surface area contributed by atoms with E-state index in [1.807, 2.05) is 11.8 Å². The Morgan fingerprint density at radius 1 is 1.62 bits per heavy atom. The second kappa shape index (κ2) is 5.07. The van der Waals surface area contributed by atoms with Gasteiger partial charge in [-0.15, -0.1) is 0 Å².